The van der Waals surface area contributed by atoms with E-state index in [0.29, 0.717) is 10.2 Å². The van der Waals surface area contributed by atoms with Gasteiger partial charge >= 0.3 is 6.61 Å². The minimum absolute atomic E-state index is 0.0384. The molecule has 0 aliphatic carbocycles. The Balaban J connectivity index is 2.75. The second kappa shape index (κ2) is 5.87. The van der Waals surface area contributed by atoms with Gasteiger partial charge in [0.1, 0.15) is 11.5 Å². The molecular formula is C9H9BrF2O3. The van der Waals surface area contributed by atoms with Gasteiger partial charge < -0.3 is 14.2 Å². The molecule has 0 radical (unpaired) electrons. The molecule has 0 bridgehead atoms. The van der Waals surface area contributed by atoms with E-state index in [2.05, 4.69) is 25.4 Å². The normalized spacial score (nSPS) is 10.5. The summed E-state index contributed by atoms with van der Waals surface area (Å²) in [6.07, 6.45) is 0. The lowest BCUT2D eigenvalue weighted by Gasteiger charge is -2.09. The number of benzene rings is 1. The number of hydrogen-bond donors (Lipinski definition) is 0. The molecule has 0 amide bonds. The molecule has 6 heteroatoms. The smallest absolute Gasteiger partial charge is 0.387 e. The molecule has 0 N–H and O–H groups in total. The van der Waals surface area contributed by atoms with Gasteiger partial charge in [0.05, 0.1) is 4.47 Å². The first-order chi connectivity index (χ1) is 7.13. The van der Waals surface area contributed by atoms with E-state index < -0.39 is 6.61 Å². The van der Waals surface area contributed by atoms with Crippen LogP contribution in [-0.4, -0.2) is 20.5 Å². The Morgan fingerprint density at radius 2 is 2.13 bits per heavy atom. The average molecular weight is 283 g/mol. The zero-order valence-electron chi connectivity index (χ0n) is 7.88. The predicted molar refractivity (Wildman–Crippen MR) is 53.3 cm³/mol. The minimum atomic E-state index is -2.85. The van der Waals surface area contributed by atoms with Crippen LogP contribution in [0.25, 0.3) is 0 Å². The highest BCUT2D eigenvalue weighted by atomic mass is 79.9. The molecule has 1 rings (SSSR count). The summed E-state index contributed by atoms with van der Waals surface area (Å²) in [6, 6.07) is 4.33. The summed E-state index contributed by atoms with van der Waals surface area (Å²) >= 11 is 3.20. The fourth-order valence-corrected chi connectivity index (χ4v) is 1.25. The first-order valence-corrected chi connectivity index (χ1v) is 4.79. The molecule has 0 atom stereocenters. The van der Waals surface area contributed by atoms with Gasteiger partial charge in [0.2, 0.25) is 0 Å². The number of alkyl halides is 2. The average Bonchev–Trinajstić information content (AvgIpc) is 2.18. The molecule has 0 saturated heterocycles. The van der Waals surface area contributed by atoms with Crippen LogP contribution in [0.4, 0.5) is 8.78 Å². The summed E-state index contributed by atoms with van der Waals surface area (Å²) in [7, 11) is 1.47. The maximum Gasteiger partial charge on any atom is 0.387 e. The van der Waals surface area contributed by atoms with Crippen molar-refractivity contribution in [2.24, 2.45) is 0 Å². The molecular weight excluding hydrogens is 274 g/mol. The summed E-state index contributed by atoms with van der Waals surface area (Å²) in [5.41, 5.74) is 0. The van der Waals surface area contributed by atoms with E-state index in [0.717, 1.165) is 0 Å². The van der Waals surface area contributed by atoms with Crippen molar-refractivity contribution in [3.05, 3.63) is 22.7 Å². The van der Waals surface area contributed by atoms with Crippen molar-refractivity contribution in [2.45, 2.75) is 6.61 Å². The van der Waals surface area contributed by atoms with Gasteiger partial charge in [0.25, 0.3) is 0 Å². The molecule has 84 valence electrons. The lowest BCUT2D eigenvalue weighted by atomic mass is 10.3. The number of rotatable bonds is 5. The standard InChI is InChI=1S/C9H9BrF2O3/c1-13-5-14-8-4-6(15-9(11)12)2-3-7(8)10/h2-4,9H,5H2,1H3. The van der Waals surface area contributed by atoms with Crippen LogP contribution in [-0.2, 0) is 4.74 Å². The number of ether oxygens (including phenoxy) is 3. The van der Waals surface area contributed by atoms with Crippen molar-refractivity contribution in [1.29, 1.82) is 0 Å². The first-order valence-electron chi connectivity index (χ1n) is 3.99. The van der Waals surface area contributed by atoms with Gasteiger partial charge in [-0.25, -0.2) is 0 Å². The summed E-state index contributed by atoms with van der Waals surface area (Å²) in [5.74, 6) is 0.425. The monoisotopic (exact) mass is 282 g/mol. The van der Waals surface area contributed by atoms with E-state index in [1.807, 2.05) is 0 Å². The molecule has 0 saturated carbocycles. The van der Waals surface area contributed by atoms with Gasteiger partial charge in [0.15, 0.2) is 6.79 Å². The molecule has 0 aliphatic heterocycles. The number of halogens is 3. The molecule has 1 aromatic rings. The SMILES string of the molecule is COCOc1cc(OC(F)F)ccc1Br. The maximum absolute atomic E-state index is 11.9. The summed E-state index contributed by atoms with van der Waals surface area (Å²) in [4.78, 5) is 0. The molecule has 0 unspecified atom stereocenters. The van der Waals surface area contributed by atoms with E-state index in [-0.39, 0.29) is 12.5 Å². The molecule has 0 aromatic heterocycles. The third-order valence-corrected chi connectivity index (χ3v) is 2.12. The van der Waals surface area contributed by atoms with Gasteiger partial charge in [-0.05, 0) is 28.1 Å². The Kier molecular flexibility index (Phi) is 4.77. The van der Waals surface area contributed by atoms with Crippen molar-refractivity contribution in [1.82, 2.24) is 0 Å². The van der Waals surface area contributed by atoms with Crippen LogP contribution in [0.1, 0.15) is 0 Å². The quantitative estimate of drug-likeness (QED) is 0.777. The molecule has 0 spiro atoms. The second-order valence-electron chi connectivity index (χ2n) is 2.52. The lowest BCUT2D eigenvalue weighted by Crippen LogP contribution is -2.03. The zero-order chi connectivity index (χ0) is 11.3. The van der Waals surface area contributed by atoms with Crippen molar-refractivity contribution in [3.8, 4) is 11.5 Å². The van der Waals surface area contributed by atoms with Crippen molar-refractivity contribution in [2.75, 3.05) is 13.9 Å². The van der Waals surface area contributed by atoms with Gasteiger partial charge in [-0.2, -0.15) is 8.78 Å². The Labute approximate surface area is 94.1 Å². The predicted octanol–water partition coefficient (Wildman–Crippen LogP) is 3.03. The molecule has 0 heterocycles. The highest BCUT2D eigenvalue weighted by Gasteiger charge is 2.07. The number of methoxy groups -OCH3 is 1. The van der Waals surface area contributed by atoms with E-state index in [9.17, 15) is 8.78 Å². The van der Waals surface area contributed by atoms with Crippen LogP contribution in [0.3, 0.4) is 0 Å². The first kappa shape index (κ1) is 12.2. The minimum Gasteiger partial charge on any atom is -0.466 e. The lowest BCUT2D eigenvalue weighted by molar-refractivity contribution is -0.0500. The fourth-order valence-electron chi connectivity index (χ4n) is 0.893. The number of hydrogen-bond acceptors (Lipinski definition) is 3. The van der Waals surface area contributed by atoms with Crippen molar-refractivity contribution in [3.63, 3.8) is 0 Å². The Morgan fingerprint density at radius 3 is 2.73 bits per heavy atom. The van der Waals surface area contributed by atoms with Crippen LogP contribution >= 0.6 is 15.9 Å². The van der Waals surface area contributed by atoms with Crippen LogP contribution in [0.5, 0.6) is 11.5 Å². The highest BCUT2D eigenvalue weighted by Crippen LogP contribution is 2.30. The van der Waals surface area contributed by atoms with E-state index in [1.165, 1.54) is 19.2 Å². The molecule has 0 fully saturated rings. The highest BCUT2D eigenvalue weighted by molar-refractivity contribution is 9.10. The van der Waals surface area contributed by atoms with Crippen LogP contribution in [0.2, 0.25) is 0 Å². The largest absolute Gasteiger partial charge is 0.466 e. The summed E-state index contributed by atoms with van der Waals surface area (Å²) in [6.45, 7) is -2.81. The summed E-state index contributed by atoms with van der Waals surface area (Å²) < 4.78 is 38.5. The fraction of sp³-hybridized carbons (Fsp3) is 0.333. The van der Waals surface area contributed by atoms with Crippen LogP contribution in [0.15, 0.2) is 22.7 Å². The molecule has 15 heavy (non-hydrogen) atoms. The zero-order valence-corrected chi connectivity index (χ0v) is 9.46. The molecule has 1 aromatic carbocycles. The van der Waals surface area contributed by atoms with Gasteiger partial charge in [-0.15, -0.1) is 0 Å². The Bertz CT molecular complexity index is 320. The van der Waals surface area contributed by atoms with E-state index in [1.54, 1.807) is 6.07 Å². The Morgan fingerprint density at radius 1 is 1.40 bits per heavy atom. The van der Waals surface area contributed by atoms with Crippen molar-refractivity contribution < 1.29 is 23.0 Å². The van der Waals surface area contributed by atoms with Crippen molar-refractivity contribution >= 4 is 15.9 Å². The van der Waals surface area contributed by atoms with Crippen LogP contribution in [0, 0.1) is 0 Å². The third-order valence-electron chi connectivity index (χ3n) is 1.46. The maximum atomic E-state index is 11.9. The van der Waals surface area contributed by atoms with E-state index >= 15 is 0 Å². The Hall–Kier alpha value is -0.880. The summed E-state index contributed by atoms with van der Waals surface area (Å²) in [5, 5.41) is 0. The molecule has 0 aliphatic rings. The van der Waals surface area contributed by atoms with E-state index in [4.69, 9.17) is 4.74 Å². The third kappa shape index (κ3) is 4.01. The second-order valence-corrected chi connectivity index (χ2v) is 3.38. The van der Waals surface area contributed by atoms with Gasteiger partial charge in [0, 0.05) is 13.2 Å². The molecule has 3 nitrogen and oxygen atoms in total. The van der Waals surface area contributed by atoms with Gasteiger partial charge in [-0.3, -0.25) is 0 Å². The topological polar surface area (TPSA) is 27.7 Å². The van der Waals surface area contributed by atoms with Crippen LogP contribution < -0.4 is 9.47 Å². The van der Waals surface area contributed by atoms with Gasteiger partial charge in [-0.1, -0.05) is 0 Å².